The Balaban J connectivity index is 1.99. The fourth-order valence-electron chi connectivity index (χ4n) is 2.01. The third-order valence-electron chi connectivity index (χ3n) is 3.28. The number of anilines is 2. The van der Waals surface area contributed by atoms with Gasteiger partial charge in [-0.2, -0.15) is 13.2 Å². The van der Waals surface area contributed by atoms with Crippen molar-refractivity contribution in [3.05, 3.63) is 65.7 Å². The van der Waals surface area contributed by atoms with Crippen molar-refractivity contribution in [3.63, 3.8) is 0 Å². The SMILES string of the molecule is CNC(=O)Nc1cccc(NC(=O)/C=C/c2ccc(C(F)(F)F)cc2)c1. The molecule has 2 rings (SSSR count). The fourth-order valence-corrected chi connectivity index (χ4v) is 2.01. The zero-order valence-electron chi connectivity index (χ0n) is 13.7. The summed E-state index contributed by atoms with van der Waals surface area (Å²) in [5.74, 6) is -0.456. The van der Waals surface area contributed by atoms with Crippen LogP contribution in [0.4, 0.5) is 29.3 Å². The molecule has 0 spiro atoms. The third kappa shape index (κ3) is 5.66. The average molecular weight is 363 g/mol. The van der Waals surface area contributed by atoms with Crippen molar-refractivity contribution in [1.82, 2.24) is 5.32 Å². The van der Waals surface area contributed by atoms with E-state index in [1.807, 2.05) is 0 Å². The van der Waals surface area contributed by atoms with Gasteiger partial charge in [-0.15, -0.1) is 0 Å². The topological polar surface area (TPSA) is 70.2 Å². The Kier molecular flexibility index (Phi) is 6.00. The van der Waals surface area contributed by atoms with E-state index in [9.17, 15) is 22.8 Å². The van der Waals surface area contributed by atoms with Gasteiger partial charge >= 0.3 is 12.2 Å². The van der Waals surface area contributed by atoms with Crippen molar-refractivity contribution in [1.29, 1.82) is 0 Å². The molecule has 0 atom stereocenters. The monoisotopic (exact) mass is 363 g/mol. The highest BCUT2D eigenvalue weighted by molar-refractivity contribution is 6.02. The van der Waals surface area contributed by atoms with E-state index in [1.54, 1.807) is 24.3 Å². The average Bonchev–Trinajstić information content (AvgIpc) is 2.60. The Labute approximate surface area is 147 Å². The van der Waals surface area contributed by atoms with Crippen molar-refractivity contribution in [2.24, 2.45) is 0 Å². The van der Waals surface area contributed by atoms with E-state index < -0.39 is 23.7 Å². The van der Waals surface area contributed by atoms with Crippen LogP contribution in [0.2, 0.25) is 0 Å². The number of urea groups is 1. The minimum Gasteiger partial charge on any atom is -0.341 e. The number of nitrogens with one attached hydrogen (secondary N) is 3. The summed E-state index contributed by atoms with van der Waals surface area (Å²) in [5.41, 5.74) is 0.664. The van der Waals surface area contributed by atoms with Crippen molar-refractivity contribution in [2.75, 3.05) is 17.7 Å². The molecule has 26 heavy (non-hydrogen) atoms. The van der Waals surface area contributed by atoms with Gasteiger partial charge in [0.2, 0.25) is 5.91 Å². The first-order chi connectivity index (χ1) is 12.3. The van der Waals surface area contributed by atoms with E-state index in [0.717, 1.165) is 12.1 Å². The van der Waals surface area contributed by atoms with Crippen LogP contribution in [0.3, 0.4) is 0 Å². The van der Waals surface area contributed by atoms with Crippen molar-refractivity contribution < 1.29 is 22.8 Å². The van der Waals surface area contributed by atoms with E-state index in [0.29, 0.717) is 16.9 Å². The minimum atomic E-state index is -4.40. The van der Waals surface area contributed by atoms with Gasteiger partial charge in [0.1, 0.15) is 0 Å². The summed E-state index contributed by atoms with van der Waals surface area (Å²) in [5, 5.41) is 7.58. The molecule has 3 N–H and O–H groups in total. The number of amides is 3. The van der Waals surface area contributed by atoms with Crippen LogP contribution < -0.4 is 16.0 Å². The van der Waals surface area contributed by atoms with Crippen LogP contribution >= 0.6 is 0 Å². The van der Waals surface area contributed by atoms with Crippen LogP contribution in [0.25, 0.3) is 6.08 Å². The quantitative estimate of drug-likeness (QED) is 0.716. The van der Waals surface area contributed by atoms with Gasteiger partial charge < -0.3 is 16.0 Å². The molecule has 0 aromatic heterocycles. The highest BCUT2D eigenvalue weighted by Gasteiger charge is 2.29. The van der Waals surface area contributed by atoms with Crippen LogP contribution in [0.5, 0.6) is 0 Å². The Bertz CT molecular complexity index is 815. The highest BCUT2D eigenvalue weighted by Crippen LogP contribution is 2.29. The van der Waals surface area contributed by atoms with Gasteiger partial charge in [0, 0.05) is 24.5 Å². The molecule has 0 unspecified atom stereocenters. The molecular formula is C18H16F3N3O2. The van der Waals surface area contributed by atoms with Crippen LogP contribution in [0.15, 0.2) is 54.6 Å². The standard InChI is InChI=1S/C18H16F3N3O2/c1-22-17(26)24-15-4-2-3-14(11-15)23-16(25)10-7-12-5-8-13(9-6-12)18(19,20)21/h2-11H,1H3,(H,23,25)(H2,22,24,26)/b10-7+. The maximum Gasteiger partial charge on any atom is 0.416 e. The molecule has 8 heteroatoms. The second kappa shape index (κ2) is 8.19. The Hall–Kier alpha value is -3.29. The predicted molar refractivity (Wildman–Crippen MR) is 93.6 cm³/mol. The molecule has 136 valence electrons. The summed E-state index contributed by atoms with van der Waals surface area (Å²) in [6.07, 6.45) is -1.78. The molecule has 0 heterocycles. The normalized spacial score (nSPS) is 11.2. The number of benzene rings is 2. The molecule has 2 aromatic carbocycles. The van der Waals surface area contributed by atoms with Crippen LogP contribution in [0, 0.1) is 0 Å². The summed E-state index contributed by atoms with van der Waals surface area (Å²) >= 11 is 0. The zero-order valence-corrected chi connectivity index (χ0v) is 13.7. The molecule has 0 aliphatic rings. The van der Waals surface area contributed by atoms with E-state index in [1.165, 1.54) is 31.3 Å². The molecule has 0 saturated heterocycles. The number of hydrogen-bond acceptors (Lipinski definition) is 2. The summed E-state index contributed by atoms with van der Waals surface area (Å²) < 4.78 is 37.5. The van der Waals surface area contributed by atoms with Gasteiger partial charge in [-0.1, -0.05) is 18.2 Å². The lowest BCUT2D eigenvalue weighted by molar-refractivity contribution is -0.137. The molecule has 0 saturated carbocycles. The first-order valence-electron chi connectivity index (χ1n) is 7.53. The number of alkyl halides is 3. The Morgan fingerprint density at radius 2 is 1.58 bits per heavy atom. The van der Waals surface area contributed by atoms with Crippen LogP contribution in [0.1, 0.15) is 11.1 Å². The van der Waals surface area contributed by atoms with Gasteiger partial charge in [0.15, 0.2) is 0 Å². The first kappa shape index (κ1) is 19.0. The largest absolute Gasteiger partial charge is 0.416 e. The molecule has 3 amide bonds. The van der Waals surface area contributed by atoms with Crippen molar-refractivity contribution in [3.8, 4) is 0 Å². The summed E-state index contributed by atoms with van der Waals surface area (Å²) in [6.45, 7) is 0. The second-order valence-electron chi connectivity index (χ2n) is 5.23. The molecule has 0 aliphatic carbocycles. The van der Waals surface area contributed by atoms with E-state index in [4.69, 9.17) is 0 Å². The van der Waals surface area contributed by atoms with Crippen molar-refractivity contribution in [2.45, 2.75) is 6.18 Å². The number of carbonyl (C=O) groups is 2. The smallest absolute Gasteiger partial charge is 0.341 e. The second-order valence-corrected chi connectivity index (χ2v) is 5.23. The number of rotatable bonds is 4. The van der Waals surface area contributed by atoms with E-state index >= 15 is 0 Å². The fraction of sp³-hybridized carbons (Fsp3) is 0.111. The van der Waals surface area contributed by atoms with E-state index in [-0.39, 0.29) is 0 Å². The molecule has 0 bridgehead atoms. The van der Waals surface area contributed by atoms with Gasteiger partial charge in [-0.25, -0.2) is 4.79 Å². The summed E-state index contributed by atoms with van der Waals surface area (Å²) in [6, 6.07) is 10.6. The Morgan fingerprint density at radius 3 is 2.15 bits per heavy atom. The summed E-state index contributed by atoms with van der Waals surface area (Å²) in [7, 11) is 1.48. The molecular weight excluding hydrogens is 347 g/mol. The van der Waals surface area contributed by atoms with Crippen molar-refractivity contribution >= 4 is 29.4 Å². The number of halogens is 3. The molecule has 2 aromatic rings. The highest BCUT2D eigenvalue weighted by atomic mass is 19.4. The van der Waals surface area contributed by atoms with E-state index in [2.05, 4.69) is 16.0 Å². The predicted octanol–water partition coefficient (Wildman–Crippen LogP) is 4.11. The lowest BCUT2D eigenvalue weighted by atomic mass is 10.1. The number of hydrogen-bond donors (Lipinski definition) is 3. The molecule has 0 fully saturated rings. The third-order valence-corrected chi connectivity index (χ3v) is 3.28. The number of carbonyl (C=O) groups excluding carboxylic acids is 2. The molecule has 0 aliphatic heterocycles. The molecule has 5 nitrogen and oxygen atoms in total. The minimum absolute atomic E-state index is 0.393. The van der Waals surface area contributed by atoms with Gasteiger partial charge in [-0.3, -0.25) is 4.79 Å². The van der Waals surface area contributed by atoms with Crippen LogP contribution in [-0.4, -0.2) is 19.0 Å². The molecule has 0 radical (unpaired) electrons. The lowest BCUT2D eigenvalue weighted by Gasteiger charge is -2.07. The van der Waals surface area contributed by atoms with Gasteiger partial charge in [-0.05, 0) is 42.0 Å². The van der Waals surface area contributed by atoms with Crippen LogP contribution in [-0.2, 0) is 11.0 Å². The first-order valence-corrected chi connectivity index (χ1v) is 7.53. The van der Waals surface area contributed by atoms with Gasteiger partial charge in [0.25, 0.3) is 0 Å². The zero-order chi connectivity index (χ0) is 19.2. The lowest BCUT2D eigenvalue weighted by Crippen LogP contribution is -2.24. The Morgan fingerprint density at radius 1 is 0.962 bits per heavy atom. The van der Waals surface area contributed by atoms with Gasteiger partial charge in [0.05, 0.1) is 5.56 Å². The summed E-state index contributed by atoms with van der Waals surface area (Å²) in [4.78, 5) is 23.2. The maximum atomic E-state index is 12.5. The maximum absolute atomic E-state index is 12.5.